The van der Waals surface area contributed by atoms with Gasteiger partial charge in [0, 0.05) is 22.7 Å². The van der Waals surface area contributed by atoms with Crippen molar-refractivity contribution in [3.63, 3.8) is 0 Å². The molecule has 2 N–H and O–H groups in total. The van der Waals surface area contributed by atoms with Crippen LogP contribution in [0.25, 0.3) is 17.0 Å². The third kappa shape index (κ3) is 4.17. The van der Waals surface area contributed by atoms with Crippen molar-refractivity contribution in [2.24, 2.45) is 0 Å². The van der Waals surface area contributed by atoms with E-state index < -0.39 is 17.8 Å². The van der Waals surface area contributed by atoms with E-state index in [1.807, 2.05) is 28.8 Å². The van der Waals surface area contributed by atoms with Gasteiger partial charge >= 0.3 is 5.97 Å². The van der Waals surface area contributed by atoms with Crippen LogP contribution in [0.3, 0.4) is 0 Å². The molecule has 2 aromatic heterocycles. The number of carboxylic acid groups (broad SMARTS) is 1. The SMILES string of the molecule is O=C1NC(=S)N(c2cccc(Cl)c2Cl)C(=O)/C1=C/c1cn(Cc2ccc(C(=O)O)o2)c2ccccc12. The Morgan fingerprint density at radius 3 is 2.61 bits per heavy atom. The number of rotatable bonds is 5. The summed E-state index contributed by atoms with van der Waals surface area (Å²) in [6.07, 6.45) is 3.24. The minimum atomic E-state index is -1.16. The number of furan rings is 1. The van der Waals surface area contributed by atoms with Crippen molar-refractivity contribution in [2.45, 2.75) is 6.54 Å². The molecule has 0 bridgehead atoms. The summed E-state index contributed by atoms with van der Waals surface area (Å²) in [4.78, 5) is 38.5. The molecular formula is C25H15Cl2N3O5S. The van der Waals surface area contributed by atoms with Crippen LogP contribution in [0.2, 0.25) is 10.0 Å². The average Bonchev–Trinajstić information content (AvgIpc) is 3.45. The lowest BCUT2D eigenvalue weighted by Crippen LogP contribution is -2.54. The third-order valence-corrected chi connectivity index (χ3v) is 6.69. The van der Waals surface area contributed by atoms with Crippen LogP contribution in [-0.4, -0.2) is 32.6 Å². The zero-order chi connectivity index (χ0) is 25.6. The fraction of sp³-hybridized carbons (Fsp3) is 0.0400. The second-order valence-electron chi connectivity index (χ2n) is 7.83. The van der Waals surface area contributed by atoms with Gasteiger partial charge in [0.15, 0.2) is 5.11 Å². The maximum absolute atomic E-state index is 13.4. The van der Waals surface area contributed by atoms with Gasteiger partial charge in [0.2, 0.25) is 5.76 Å². The Hall–Kier alpha value is -3.92. The minimum absolute atomic E-state index is 0.110. The molecule has 8 nitrogen and oxygen atoms in total. The van der Waals surface area contributed by atoms with Crippen LogP contribution in [0.1, 0.15) is 21.9 Å². The zero-order valence-electron chi connectivity index (χ0n) is 18.2. The number of nitrogens with one attached hydrogen (secondary N) is 1. The molecule has 0 spiro atoms. The normalized spacial score (nSPS) is 15.1. The third-order valence-electron chi connectivity index (χ3n) is 5.59. The Bertz CT molecular complexity index is 1620. The van der Waals surface area contributed by atoms with Crippen LogP contribution in [-0.2, 0) is 16.1 Å². The lowest BCUT2D eigenvalue weighted by molar-refractivity contribution is -0.122. The minimum Gasteiger partial charge on any atom is -0.475 e. The monoisotopic (exact) mass is 539 g/mol. The van der Waals surface area contributed by atoms with E-state index in [9.17, 15) is 14.4 Å². The van der Waals surface area contributed by atoms with Gasteiger partial charge in [-0.3, -0.25) is 19.8 Å². The molecule has 0 saturated carbocycles. The maximum atomic E-state index is 13.4. The van der Waals surface area contributed by atoms with Gasteiger partial charge in [0.25, 0.3) is 11.8 Å². The number of thiocarbonyl (C=S) groups is 1. The molecule has 1 fully saturated rings. The predicted octanol–water partition coefficient (Wildman–Crippen LogP) is 5.12. The second-order valence-corrected chi connectivity index (χ2v) is 9.00. The highest BCUT2D eigenvalue weighted by Crippen LogP contribution is 2.35. The quantitative estimate of drug-likeness (QED) is 0.207. The van der Waals surface area contributed by atoms with Crippen LogP contribution in [0.15, 0.2) is 70.8 Å². The lowest BCUT2D eigenvalue weighted by atomic mass is 10.1. The molecule has 11 heteroatoms. The van der Waals surface area contributed by atoms with E-state index in [1.165, 1.54) is 12.1 Å². The van der Waals surface area contributed by atoms with Crippen LogP contribution < -0.4 is 10.2 Å². The summed E-state index contributed by atoms with van der Waals surface area (Å²) in [5, 5.41) is 12.7. The fourth-order valence-electron chi connectivity index (χ4n) is 3.96. The number of hydrogen-bond donors (Lipinski definition) is 2. The number of carbonyl (C=O) groups is 3. The summed E-state index contributed by atoms with van der Waals surface area (Å²) in [7, 11) is 0. The maximum Gasteiger partial charge on any atom is 0.371 e. The predicted molar refractivity (Wildman–Crippen MR) is 139 cm³/mol. The lowest BCUT2D eigenvalue weighted by Gasteiger charge is -2.29. The molecular weight excluding hydrogens is 525 g/mol. The number of hydrogen-bond acceptors (Lipinski definition) is 5. The molecule has 4 aromatic rings. The Morgan fingerprint density at radius 1 is 1.08 bits per heavy atom. The van der Waals surface area contributed by atoms with E-state index >= 15 is 0 Å². The standard InChI is InChI=1S/C25H15Cl2N3O5S/c26-17-5-3-7-19(21(17)27)30-23(32)16(22(31)28-25(30)36)10-13-11-29(18-6-2-1-4-15(13)18)12-14-8-9-20(35-14)24(33)34/h1-11H,12H2,(H,33,34)(H,28,31,36)/b16-10+. The molecule has 180 valence electrons. The van der Waals surface area contributed by atoms with Crippen molar-refractivity contribution in [1.29, 1.82) is 0 Å². The van der Waals surface area contributed by atoms with Crippen molar-refractivity contribution in [2.75, 3.05) is 4.90 Å². The molecule has 1 aliphatic heterocycles. The van der Waals surface area contributed by atoms with Gasteiger partial charge in [-0.15, -0.1) is 0 Å². The Balaban J connectivity index is 1.57. The zero-order valence-corrected chi connectivity index (χ0v) is 20.5. The van der Waals surface area contributed by atoms with Crippen molar-refractivity contribution < 1.29 is 23.9 Å². The van der Waals surface area contributed by atoms with Crippen molar-refractivity contribution >= 4 is 81.0 Å². The highest BCUT2D eigenvalue weighted by molar-refractivity contribution is 7.80. The number of para-hydroxylation sites is 1. The first-order chi connectivity index (χ1) is 17.2. The van der Waals surface area contributed by atoms with Gasteiger partial charge in [0.1, 0.15) is 11.3 Å². The number of aromatic nitrogens is 1. The number of aromatic carboxylic acids is 1. The van der Waals surface area contributed by atoms with Gasteiger partial charge in [-0.05, 0) is 48.6 Å². The summed E-state index contributed by atoms with van der Waals surface area (Å²) in [5.41, 5.74) is 1.50. The van der Waals surface area contributed by atoms with E-state index in [2.05, 4.69) is 5.32 Å². The number of fused-ring (bicyclic) bond motifs is 1. The van der Waals surface area contributed by atoms with E-state index in [4.69, 9.17) is 44.9 Å². The van der Waals surface area contributed by atoms with Crippen LogP contribution in [0, 0.1) is 0 Å². The molecule has 1 saturated heterocycles. The van der Waals surface area contributed by atoms with Gasteiger partial charge in [-0.1, -0.05) is 47.5 Å². The van der Waals surface area contributed by atoms with Crippen molar-refractivity contribution in [3.05, 3.63) is 93.5 Å². The topological polar surface area (TPSA) is 105 Å². The Kier molecular flexibility index (Phi) is 6.13. The largest absolute Gasteiger partial charge is 0.475 e. The highest BCUT2D eigenvalue weighted by atomic mass is 35.5. The molecule has 2 amide bonds. The number of benzene rings is 2. The van der Waals surface area contributed by atoms with Gasteiger partial charge < -0.3 is 14.1 Å². The number of anilines is 1. The van der Waals surface area contributed by atoms with Crippen molar-refractivity contribution in [3.8, 4) is 0 Å². The molecule has 0 atom stereocenters. The van der Waals surface area contributed by atoms with Gasteiger partial charge in [-0.25, -0.2) is 4.79 Å². The summed E-state index contributed by atoms with van der Waals surface area (Å²) < 4.78 is 7.23. The smallest absolute Gasteiger partial charge is 0.371 e. The number of halogens is 2. The number of amides is 2. The summed E-state index contributed by atoms with van der Waals surface area (Å²) in [5.74, 6) is -2.18. The Labute approximate surface area is 219 Å². The van der Waals surface area contributed by atoms with Crippen LogP contribution >= 0.6 is 35.4 Å². The first-order valence-corrected chi connectivity index (χ1v) is 11.7. The number of carbonyl (C=O) groups excluding carboxylic acids is 2. The first kappa shape index (κ1) is 23.8. The summed E-state index contributed by atoms with van der Waals surface area (Å²) in [6.45, 7) is 0.242. The average molecular weight is 540 g/mol. The number of carboxylic acids is 1. The van der Waals surface area contributed by atoms with E-state index in [0.717, 1.165) is 15.8 Å². The molecule has 3 heterocycles. The summed E-state index contributed by atoms with van der Waals surface area (Å²) >= 11 is 17.7. The molecule has 0 unspecified atom stereocenters. The van der Waals surface area contributed by atoms with E-state index in [0.29, 0.717) is 11.3 Å². The molecule has 2 aromatic carbocycles. The molecule has 5 rings (SSSR count). The fourth-order valence-corrected chi connectivity index (χ4v) is 4.62. The van der Waals surface area contributed by atoms with Gasteiger partial charge in [-0.2, -0.15) is 0 Å². The first-order valence-electron chi connectivity index (χ1n) is 10.5. The van der Waals surface area contributed by atoms with E-state index in [-0.39, 0.29) is 38.7 Å². The van der Waals surface area contributed by atoms with Crippen molar-refractivity contribution in [1.82, 2.24) is 9.88 Å². The Morgan fingerprint density at radius 2 is 1.86 bits per heavy atom. The highest BCUT2D eigenvalue weighted by Gasteiger charge is 2.36. The van der Waals surface area contributed by atoms with E-state index in [1.54, 1.807) is 30.5 Å². The van der Waals surface area contributed by atoms with Gasteiger partial charge in [0.05, 0.1) is 22.3 Å². The second kappa shape index (κ2) is 9.27. The molecule has 0 aliphatic carbocycles. The van der Waals surface area contributed by atoms with Crippen LogP contribution in [0.5, 0.6) is 0 Å². The molecule has 36 heavy (non-hydrogen) atoms. The number of nitrogens with zero attached hydrogens (tertiary/aromatic N) is 2. The van der Waals surface area contributed by atoms with Crippen LogP contribution in [0.4, 0.5) is 5.69 Å². The summed E-state index contributed by atoms with van der Waals surface area (Å²) in [6, 6.07) is 15.1. The molecule has 1 aliphatic rings. The molecule has 0 radical (unpaired) electrons.